The maximum absolute atomic E-state index is 11.4. The maximum atomic E-state index is 11.4. The van der Waals surface area contributed by atoms with Crippen LogP contribution in [0.15, 0.2) is 118 Å². The van der Waals surface area contributed by atoms with Crippen molar-refractivity contribution in [3.05, 3.63) is 137 Å². The lowest BCUT2D eigenvalue weighted by molar-refractivity contribution is 0.0618. The molecule has 4 bridgehead atoms. The summed E-state index contributed by atoms with van der Waals surface area (Å²) in [7, 11) is 0. The van der Waals surface area contributed by atoms with Crippen molar-refractivity contribution in [2.24, 2.45) is 65.3 Å². The topological polar surface area (TPSA) is 121 Å². The number of unbranched alkanes of at least 4 members (excludes halogenated alkanes) is 5. The largest absolute Gasteiger partial charge is 0.506 e. The minimum Gasteiger partial charge on any atom is -0.506 e. The summed E-state index contributed by atoms with van der Waals surface area (Å²) in [6.45, 7) is 21.6. The third-order valence-electron chi connectivity index (χ3n) is 25.6. The number of nitrogens with zero attached hydrogens (tertiary/aromatic N) is 8. The molecular formula is C78H94N8O. The van der Waals surface area contributed by atoms with E-state index in [1.165, 1.54) is 140 Å². The molecule has 0 saturated heterocycles. The molecule has 2 aromatic carbocycles. The highest BCUT2D eigenvalue weighted by Crippen LogP contribution is 2.84. The monoisotopic (exact) mass is 1160 g/mol. The Kier molecular flexibility index (Phi) is 14.9. The molecule has 452 valence electrons. The molecule has 0 unspecified atom stereocenters. The number of aromatic nitrogens is 4. The van der Waals surface area contributed by atoms with E-state index in [0.717, 1.165) is 91.7 Å². The Morgan fingerprint density at radius 2 is 0.655 bits per heavy atom. The zero-order chi connectivity index (χ0) is 60.1. The van der Waals surface area contributed by atoms with Gasteiger partial charge in [0.05, 0.1) is 29.0 Å². The summed E-state index contributed by atoms with van der Waals surface area (Å²) in [5, 5.41) is 11.4. The van der Waals surface area contributed by atoms with Crippen LogP contribution in [0.3, 0.4) is 0 Å². The van der Waals surface area contributed by atoms with E-state index in [4.69, 9.17) is 39.9 Å². The van der Waals surface area contributed by atoms with Crippen molar-refractivity contribution >= 4 is 23.3 Å². The molecule has 1 N–H and O–H groups in total. The molecule has 0 atom stereocenters. The van der Waals surface area contributed by atoms with E-state index >= 15 is 0 Å². The van der Waals surface area contributed by atoms with Crippen LogP contribution in [0.25, 0.3) is 45.0 Å². The smallest absolute Gasteiger partial charge is 0.202 e. The number of pyridine rings is 4. The van der Waals surface area contributed by atoms with E-state index in [-0.39, 0.29) is 38.2 Å². The van der Waals surface area contributed by atoms with Crippen LogP contribution in [0.4, 0.5) is 0 Å². The number of aromatic hydroxyl groups is 1. The molecule has 6 aliphatic carbocycles. The standard InChI is InChI=1S/C78H94N8O/c1-10-19-20-21-22-23-24-49-25-27-50(28-26-49)51-29-31-52(32-30-51)53-41-61-65(79-45-53)66-62(77(61)73(56(11-2)12-3)33-35-74(77,36-34-73)57(13-4)14-5)42-54(46-80-66)69-83-71-72(84-69)86-70(85-71)55-43-63-67(81-47-55)68-64(44-60(87)48-82-68)78(63)75(58(15-6)16-7)37-39-76(78,40-38-75)59(17-8)18-9/h25-32,41-48,56-59,87H,10-24,33-40H2,1-9H3. The highest BCUT2D eigenvalue weighted by Gasteiger charge is 2.79. The Morgan fingerprint density at radius 3 is 1.05 bits per heavy atom. The molecule has 0 amide bonds. The van der Waals surface area contributed by atoms with Gasteiger partial charge in [0, 0.05) is 46.1 Å². The van der Waals surface area contributed by atoms with Gasteiger partial charge in [-0.1, -0.05) is 194 Å². The summed E-state index contributed by atoms with van der Waals surface area (Å²) < 4.78 is 0. The number of aliphatic imine (C=N–C) groups is 4. The summed E-state index contributed by atoms with van der Waals surface area (Å²) in [5.41, 5.74) is 16.9. The highest BCUT2D eigenvalue weighted by atomic mass is 16.3. The van der Waals surface area contributed by atoms with Crippen molar-refractivity contribution in [3.8, 4) is 50.8 Å². The molecule has 2 spiro atoms. The molecule has 4 aromatic heterocycles. The second-order valence-electron chi connectivity index (χ2n) is 28.2. The molecule has 87 heavy (non-hydrogen) atoms. The SMILES string of the molecule is CCCCCCCCc1ccc(-c2ccc(-c3cnc4c(c3)C3(c5cc(C6=NC7=NC(c8cnc9c(c8)C8(c%10cc(O)cnc%10-9)C9(C(CC)CC)CCC8(C(CC)CC)CC9)=NC7=N6)cnc5-4)C4(C(CC)CC)CCC3(C(CC)CC)CC4)cc2)cc1. The first-order valence-electron chi connectivity index (χ1n) is 34.8. The zero-order valence-electron chi connectivity index (χ0n) is 53.8. The predicted molar refractivity (Wildman–Crippen MR) is 357 cm³/mol. The van der Waals surface area contributed by atoms with Crippen molar-refractivity contribution < 1.29 is 5.11 Å². The molecule has 2 aliphatic heterocycles. The maximum Gasteiger partial charge on any atom is 0.202 e. The Labute approximate surface area is 519 Å². The number of benzene rings is 2. The minimum absolute atomic E-state index is 0.0202. The molecule has 4 fully saturated rings. The fraction of sp³-hybridized carbons (Fsp3) is 0.538. The average molecular weight is 1160 g/mol. The van der Waals surface area contributed by atoms with Crippen LogP contribution >= 0.6 is 0 Å². The third-order valence-corrected chi connectivity index (χ3v) is 25.6. The lowest BCUT2D eigenvalue weighted by Crippen LogP contribution is -2.51. The number of hydrogen-bond donors (Lipinski definition) is 1. The van der Waals surface area contributed by atoms with Gasteiger partial charge in [0.15, 0.2) is 11.7 Å². The summed E-state index contributed by atoms with van der Waals surface area (Å²) >= 11 is 0. The van der Waals surface area contributed by atoms with E-state index in [9.17, 15) is 5.11 Å². The van der Waals surface area contributed by atoms with Gasteiger partial charge in [-0.3, -0.25) is 19.9 Å². The van der Waals surface area contributed by atoms with E-state index in [1.807, 2.05) is 12.4 Å². The number of hydrogen-bond acceptors (Lipinski definition) is 9. The van der Waals surface area contributed by atoms with Gasteiger partial charge in [0.1, 0.15) is 5.75 Å². The number of fused-ring (bicyclic) bond motifs is 7. The minimum atomic E-state index is -0.337. The predicted octanol–water partition coefficient (Wildman–Crippen LogP) is 19.6. The van der Waals surface area contributed by atoms with Gasteiger partial charge in [-0.15, -0.1) is 0 Å². The molecule has 6 heterocycles. The summed E-state index contributed by atoms with van der Waals surface area (Å²) in [5.74, 6) is 4.70. The Balaban J connectivity index is 0.827. The van der Waals surface area contributed by atoms with Crippen molar-refractivity contribution in [1.82, 2.24) is 19.9 Å². The molecule has 0 radical (unpaired) electrons. The third kappa shape index (κ3) is 7.93. The van der Waals surface area contributed by atoms with Gasteiger partial charge >= 0.3 is 0 Å². The van der Waals surface area contributed by atoms with Crippen LogP contribution in [0.1, 0.15) is 243 Å². The van der Waals surface area contributed by atoms with Gasteiger partial charge < -0.3 is 5.11 Å². The second-order valence-corrected chi connectivity index (χ2v) is 28.2. The van der Waals surface area contributed by atoms with Crippen molar-refractivity contribution in [3.63, 3.8) is 0 Å². The Hall–Kier alpha value is -6.48. The van der Waals surface area contributed by atoms with Gasteiger partial charge in [-0.05, 0) is 178 Å². The van der Waals surface area contributed by atoms with Crippen LogP contribution in [0, 0.1) is 45.3 Å². The highest BCUT2D eigenvalue weighted by molar-refractivity contribution is 6.53. The normalized spacial score (nSPS) is 26.6. The van der Waals surface area contributed by atoms with Crippen molar-refractivity contribution in [2.45, 2.75) is 221 Å². The van der Waals surface area contributed by atoms with Crippen LogP contribution in [0.2, 0.25) is 0 Å². The summed E-state index contributed by atoms with van der Waals surface area (Å²) in [6.07, 6.45) is 35.5. The number of amidine groups is 4. The lowest BCUT2D eigenvalue weighted by atomic mass is 9.49. The molecule has 14 rings (SSSR count). The molecule has 6 aromatic rings. The zero-order valence-corrected chi connectivity index (χ0v) is 53.8. The molecule has 4 saturated carbocycles. The molecule has 8 aliphatic rings. The average Bonchev–Trinajstić information content (AvgIpc) is 1.48. The summed E-state index contributed by atoms with van der Waals surface area (Å²) in [4.78, 5) is 42.6. The van der Waals surface area contributed by atoms with Crippen molar-refractivity contribution in [2.75, 3.05) is 0 Å². The first-order valence-corrected chi connectivity index (χ1v) is 34.8. The first kappa shape index (κ1) is 58.2. The Morgan fingerprint density at radius 1 is 0.345 bits per heavy atom. The van der Waals surface area contributed by atoms with Crippen molar-refractivity contribution in [1.29, 1.82) is 0 Å². The van der Waals surface area contributed by atoms with Crippen LogP contribution in [0.5, 0.6) is 5.75 Å². The van der Waals surface area contributed by atoms with Gasteiger partial charge in [-0.25, -0.2) is 20.0 Å². The fourth-order valence-electron chi connectivity index (χ4n) is 22.3. The molecule has 9 heteroatoms. The fourth-order valence-corrected chi connectivity index (χ4v) is 22.3. The number of aryl methyl sites for hydroxylation is 1. The van der Waals surface area contributed by atoms with E-state index < -0.39 is 0 Å². The van der Waals surface area contributed by atoms with Crippen LogP contribution in [-0.4, -0.2) is 48.4 Å². The summed E-state index contributed by atoms with van der Waals surface area (Å²) in [6, 6.07) is 28.1. The quantitative estimate of drug-likeness (QED) is 0.0641. The second kappa shape index (κ2) is 22.2. The lowest BCUT2D eigenvalue weighted by Gasteiger charge is -2.53. The first-order chi connectivity index (χ1) is 42.5. The Bertz CT molecular complexity index is 3680. The van der Waals surface area contributed by atoms with E-state index in [2.05, 4.69) is 141 Å². The van der Waals surface area contributed by atoms with Gasteiger partial charge in [-0.2, -0.15) is 0 Å². The van der Waals surface area contributed by atoms with Crippen LogP contribution in [-0.2, 0) is 17.3 Å². The van der Waals surface area contributed by atoms with Gasteiger partial charge in [0.25, 0.3) is 0 Å². The number of rotatable bonds is 23. The van der Waals surface area contributed by atoms with Crippen LogP contribution < -0.4 is 0 Å². The van der Waals surface area contributed by atoms with E-state index in [1.54, 1.807) is 6.20 Å². The van der Waals surface area contributed by atoms with E-state index in [0.29, 0.717) is 47.0 Å². The van der Waals surface area contributed by atoms with Gasteiger partial charge in [0.2, 0.25) is 11.7 Å². The molecular weight excluding hydrogens is 1060 g/mol. The molecule has 9 nitrogen and oxygen atoms in total.